The van der Waals surface area contributed by atoms with Gasteiger partial charge < -0.3 is 5.32 Å². The lowest BCUT2D eigenvalue weighted by Gasteiger charge is -1.98. The van der Waals surface area contributed by atoms with Crippen LogP contribution in [0, 0.1) is 0 Å². The number of nitrogens with zero attached hydrogens (tertiary/aromatic N) is 3. The summed E-state index contributed by atoms with van der Waals surface area (Å²) in [6, 6.07) is 3.74. The third kappa shape index (κ3) is 2.42. The fourth-order valence-corrected chi connectivity index (χ4v) is 1.91. The molecule has 1 amide bonds. The van der Waals surface area contributed by atoms with Gasteiger partial charge in [-0.25, -0.2) is 0 Å². The van der Waals surface area contributed by atoms with Crippen LogP contribution in [0.2, 0.25) is 0 Å². The molecule has 0 saturated heterocycles. The maximum absolute atomic E-state index is 11.8. The average Bonchev–Trinajstić information content (AvgIpc) is 2.95. The Bertz CT molecular complexity index is 567. The summed E-state index contributed by atoms with van der Waals surface area (Å²) in [6.07, 6.45) is 4.52. The minimum absolute atomic E-state index is 0.0949. The number of amides is 1. The first-order chi connectivity index (χ1) is 8.70. The molecule has 0 bridgehead atoms. The highest BCUT2D eigenvalue weighted by Crippen LogP contribution is 2.39. The van der Waals surface area contributed by atoms with E-state index in [4.69, 9.17) is 0 Å². The summed E-state index contributed by atoms with van der Waals surface area (Å²) in [5.74, 6) is 1.11. The van der Waals surface area contributed by atoms with Crippen molar-refractivity contribution in [3.8, 4) is 0 Å². The molecule has 1 saturated carbocycles. The highest BCUT2D eigenvalue weighted by Gasteiger charge is 2.25. The second kappa shape index (κ2) is 4.29. The highest BCUT2D eigenvalue weighted by atomic mass is 16.1. The van der Waals surface area contributed by atoms with Crippen LogP contribution in [0.5, 0.6) is 0 Å². The molecule has 1 fully saturated rings. The third-order valence-corrected chi connectivity index (χ3v) is 2.99. The van der Waals surface area contributed by atoms with Gasteiger partial charge in [-0.15, -0.1) is 0 Å². The van der Waals surface area contributed by atoms with E-state index in [1.54, 1.807) is 4.68 Å². The van der Waals surface area contributed by atoms with E-state index in [1.807, 2.05) is 25.4 Å². The molecule has 0 radical (unpaired) electrons. The summed E-state index contributed by atoms with van der Waals surface area (Å²) < 4.78 is 1.68. The van der Waals surface area contributed by atoms with Gasteiger partial charge >= 0.3 is 0 Å². The molecule has 0 spiro atoms. The standard InChI is InChI=1S/C12H15N5O/c1-17-5-4-9(16-17)6-12(18)13-11-7-10(14-15-11)8-2-3-8/h4-5,7-8H,2-3,6H2,1H3,(H2,13,14,15,18). The van der Waals surface area contributed by atoms with Gasteiger partial charge in [-0.05, 0) is 18.9 Å². The molecule has 2 N–H and O–H groups in total. The molecule has 0 aliphatic heterocycles. The Morgan fingerprint density at radius 1 is 1.61 bits per heavy atom. The molecular weight excluding hydrogens is 230 g/mol. The third-order valence-electron chi connectivity index (χ3n) is 2.99. The maximum Gasteiger partial charge on any atom is 0.231 e. The smallest absolute Gasteiger partial charge is 0.231 e. The molecule has 0 unspecified atom stereocenters. The van der Waals surface area contributed by atoms with Crippen LogP contribution in [-0.2, 0) is 18.3 Å². The number of H-pyrrole nitrogens is 1. The van der Waals surface area contributed by atoms with Crippen LogP contribution in [0.3, 0.4) is 0 Å². The number of aromatic nitrogens is 4. The second-order valence-electron chi connectivity index (χ2n) is 4.69. The number of carbonyl (C=O) groups is 1. The number of nitrogens with one attached hydrogen (secondary N) is 2. The van der Waals surface area contributed by atoms with Gasteiger partial charge in [0.05, 0.1) is 12.1 Å². The van der Waals surface area contributed by atoms with Crippen LogP contribution in [-0.4, -0.2) is 25.9 Å². The first-order valence-corrected chi connectivity index (χ1v) is 6.04. The number of hydrogen-bond acceptors (Lipinski definition) is 3. The van der Waals surface area contributed by atoms with E-state index in [0.717, 1.165) is 11.4 Å². The molecule has 2 heterocycles. The Morgan fingerprint density at radius 3 is 3.11 bits per heavy atom. The van der Waals surface area contributed by atoms with Crippen molar-refractivity contribution in [2.75, 3.05) is 5.32 Å². The number of hydrogen-bond donors (Lipinski definition) is 2. The van der Waals surface area contributed by atoms with E-state index >= 15 is 0 Å². The minimum Gasteiger partial charge on any atom is -0.309 e. The number of aromatic amines is 1. The van der Waals surface area contributed by atoms with Gasteiger partial charge in [0, 0.05) is 30.9 Å². The van der Waals surface area contributed by atoms with E-state index < -0.39 is 0 Å². The van der Waals surface area contributed by atoms with Gasteiger partial charge in [0.15, 0.2) is 5.82 Å². The second-order valence-corrected chi connectivity index (χ2v) is 4.69. The van der Waals surface area contributed by atoms with Gasteiger partial charge in [-0.2, -0.15) is 10.2 Å². The molecule has 3 rings (SSSR count). The topological polar surface area (TPSA) is 75.6 Å². The Balaban J connectivity index is 1.59. The van der Waals surface area contributed by atoms with Crippen molar-refractivity contribution in [2.24, 2.45) is 7.05 Å². The number of anilines is 1. The SMILES string of the molecule is Cn1ccc(CC(=O)Nc2cc(C3CC3)[nH]n2)n1. The lowest BCUT2D eigenvalue weighted by molar-refractivity contribution is -0.115. The van der Waals surface area contributed by atoms with Crippen LogP contribution in [0.4, 0.5) is 5.82 Å². The molecule has 0 aromatic carbocycles. The van der Waals surface area contributed by atoms with Gasteiger partial charge in [0.25, 0.3) is 0 Å². The van der Waals surface area contributed by atoms with Gasteiger partial charge in [-0.1, -0.05) is 0 Å². The fourth-order valence-electron chi connectivity index (χ4n) is 1.91. The number of rotatable bonds is 4. The molecule has 2 aromatic heterocycles. The van der Waals surface area contributed by atoms with E-state index in [2.05, 4.69) is 20.6 Å². The average molecular weight is 245 g/mol. The zero-order chi connectivity index (χ0) is 12.5. The predicted octanol–water partition coefficient (Wildman–Crippen LogP) is 1.20. The molecule has 0 atom stereocenters. The monoisotopic (exact) mass is 245 g/mol. The van der Waals surface area contributed by atoms with Crippen LogP contribution in [0.1, 0.15) is 30.1 Å². The van der Waals surface area contributed by atoms with E-state index in [1.165, 1.54) is 12.8 Å². The summed E-state index contributed by atoms with van der Waals surface area (Å²) in [4.78, 5) is 11.8. The summed E-state index contributed by atoms with van der Waals surface area (Å²) in [5, 5.41) is 14.0. The maximum atomic E-state index is 11.8. The predicted molar refractivity (Wildman–Crippen MR) is 66.1 cm³/mol. The zero-order valence-corrected chi connectivity index (χ0v) is 10.2. The molecule has 18 heavy (non-hydrogen) atoms. The van der Waals surface area contributed by atoms with Crippen molar-refractivity contribution in [2.45, 2.75) is 25.2 Å². The quantitative estimate of drug-likeness (QED) is 0.849. The van der Waals surface area contributed by atoms with Crippen molar-refractivity contribution in [3.05, 3.63) is 29.7 Å². The normalized spacial score (nSPS) is 14.7. The van der Waals surface area contributed by atoms with E-state index in [0.29, 0.717) is 11.7 Å². The van der Waals surface area contributed by atoms with Gasteiger partial charge in [0.2, 0.25) is 5.91 Å². The van der Waals surface area contributed by atoms with Gasteiger partial charge in [0.1, 0.15) is 0 Å². The fraction of sp³-hybridized carbons (Fsp3) is 0.417. The lowest BCUT2D eigenvalue weighted by atomic mass is 10.3. The first-order valence-electron chi connectivity index (χ1n) is 6.04. The number of carbonyl (C=O) groups excluding carboxylic acids is 1. The summed E-state index contributed by atoms with van der Waals surface area (Å²) in [7, 11) is 1.83. The van der Waals surface area contributed by atoms with Crippen LogP contribution in [0.15, 0.2) is 18.3 Å². The van der Waals surface area contributed by atoms with Crippen molar-refractivity contribution in [1.82, 2.24) is 20.0 Å². The van der Waals surface area contributed by atoms with Crippen LogP contribution in [0.25, 0.3) is 0 Å². The Labute approximate surface area is 104 Å². The Morgan fingerprint density at radius 2 is 2.44 bits per heavy atom. The van der Waals surface area contributed by atoms with Gasteiger partial charge in [-0.3, -0.25) is 14.6 Å². The molecule has 1 aliphatic rings. The minimum atomic E-state index is -0.0949. The molecule has 2 aromatic rings. The van der Waals surface area contributed by atoms with Crippen molar-refractivity contribution < 1.29 is 4.79 Å². The largest absolute Gasteiger partial charge is 0.309 e. The Hall–Kier alpha value is -2.11. The van der Waals surface area contributed by atoms with Crippen molar-refractivity contribution >= 4 is 11.7 Å². The molecule has 6 nitrogen and oxygen atoms in total. The summed E-state index contributed by atoms with van der Waals surface area (Å²) >= 11 is 0. The van der Waals surface area contributed by atoms with E-state index in [-0.39, 0.29) is 12.3 Å². The Kier molecular flexibility index (Phi) is 2.62. The zero-order valence-electron chi connectivity index (χ0n) is 10.2. The number of aryl methyl sites for hydroxylation is 1. The lowest BCUT2D eigenvalue weighted by Crippen LogP contribution is -2.15. The molecule has 94 valence electrons. The molecular formula is C12H15N5O. The summed E-state index contributed by atoms with van der Waals surface area (Å²) in [6.45, 7) is 0. The van der Waals surface area contributed by atoms with Crippen molar-refractivity contribution in [3.63, 3.8) is 0 Å². The first kappa shape index (κ1) is 11.0. The highest BCUT2D eigenvalue weighted by molar-refractivity contribution is 5.91. The van der Waals surface area contributed by atoms with Crippen LogP contribution < -0.4 is 5.32 Å². The summed E-state index contributed by atoms with van der Waals surface area (Å²) in [5.41, 5.74) is 1.87. The van der Waals surface area contributed by atoms with Crippen LogP contribution >= 0.6 is 0 Å². The molecule has 1 aliphatic carbocycles. The van der Waals surface area contributed by atoms with E-state index in [9.17, 15) is 4.79 Å². The van der Waals surface area contributed by atoms with Crippen molar-refractivity contribution in [1.29, 1.82) is 0 Å². The molecule has 6 heteroatoms.